The molecule has 0 aromatic carbocycles. The summed E-state index contributed by atoms with van der Waals surface area (Å²) in [5.74, 6) is -1.24. The highest BCUT2D eigenvalue weighted by molar-refractivity contribution is 7.81. The van der Waals surface area contributed by atoms with Crippen LogP contribution in [-0.4, -0.2) is 18.9 Å². The van der Waals surface area contributed by atoms with Gasteiger partial charge in [-0.05, 0) is 38.5 Å². The Morgan fingerprint density at radius 3 is 1.17 bits per heavy atom. The van der Waals surface area contributed by atoms with Crippen molar-refractivity contribution in [2.24, 2.45) is 5.92 Å². The minimum Gasteiger partial charge on any atom is -0.344 e. The van der Waals surface area contributed by atoms with Gasteiger partial charge in [0.25, 0.3) is 0 Å². The predicted molar refractivity (Wildman–Crippen MR) is 176 cm³/mol. The van der Waals surface area contributed by atoms with Gasteiger partial charge in [-0.1, -0.05) is 167 Å². The van der Waals surface area contributed by atoms with E-state index in [1.165, 1.54) is 116 Å². The summed E-state index contributed by atoms with van der Waals surface area (Å²) in [6.07, 6.45) is 38.2. The molecule has 7 heteroatoms. The smallest absolute Gasteiger partial charge is 0.344 e. The Morgan fingerprint density at radius 2 is 0.854 bits per heavy atom. The lowest BCUT2D eigenvalue weighted by molar-refractivity contribution is -0.139. The second kappa shape index (κ2) is 32.0. The Kier molecular flexibility index (Phi) is 33.0. The third kappa shape index (κ3) is 33.4. The largest absolute Gasteiger partial charge is 0.448 e. The molecular formula is C34H69NO5S. The van der Waals surface area contributed by atoms with E-state index in [2.05, 4.69) is 30.2 Å². The molecule has 0 saturated carbocycles. The van der Waals surface area contributed by atoms with Crippen LogP contribution in [0, 0.1) is 5.92 Å². The van der Waals surface area contributed by atoms with Crippen molar-refractivity contribution < 1.29 is 21.9 Å². The number of allylic oxidation sites excluding steroid dienone is 2. The summed E-state index contributed by atoms with van der Waals surface area (Å²) in [5, 5.41) is 0. The van der Waals surface area contributed by atoms with Crippen molar-refractivity contribution >= 4 is 16.4 Å². The standard InChI is InChI=1S/C34H66O5S.H3N/c1-3-5-7-9-11-13-15-17-19-21-23-25-27-29-31-33(34(35)39-40(36,37)38)32-30-28-26-24-22-20-18-16-14-12-10-8-6-4-2;/h17,19,33H,3-16,18,20-32H2,1-2H3,(H,36,37,38);1H3/b19-17-;. The molecule has 0 aliphatic carbocycles. The Labute approximate surface area is 255 Å². The summed E-state index contributed by atoms with van der Waals surface area (Å²) in [6.45, 7) is 4.51. The van der Waals surface area contributed by atoms with Crippen LogP contribution < -0.4 is 6.15 Å². The first kappa shape index (κ1) is 42.2. The van der Waals surface area contributed by atoms with E-state index in [-0.39, 0.29) is 6.15 Å². The minimum absolute atomic E-state index is 0. The van der Waals surface area contributed by atoms with Crippen molar-refractivity contribution in [3.8, 4) is 0 Å². The predicted octanol–water partition coefficient (Wildman–Crippen LogP) is 11.6. The van der Waals surface area contributed by atoms with Crippen LogP contribution >= 0.6 is 0 Å². The monoisotopic (exact) mass is 603 g/mol. The second-order valence-electron chi connectivity index (χ2n) is 11.9. The Balaban J connectivity index is 0. The average molecular weight is 604 g/mol. The van der Waals surface area contributed by atoms with Gasteiger partial charge >= 0.3 is 16.4 Å². The molecule has 41 heavy (non-hydrogen) atoms. The van der Waals surface area contributed by atoms with Crippen LogP contribution in [0.2, 0.25) is 0 Å². The van der Waals surface area contributed by atoms with Gasteiger partial charge in [0, 0.05) is 0 Å². The topological polar surface area (TPSA) is 116 Å². The second-order valence-corrected chi connectivity index (χ2v) is 13.0. The molecule has 6 nitrogen and oxygen atoms in total. The van der Waals surface area contributed by atoms with E-state index >= 15 is 0 Å². The molecule has 0 rings (SSSR count). The third-order valence-electron chi connectivity index (χ3n) is 7.99. The van der Waals surface area contributed by atoms with Crippen LogP contribution in [0.25, 0.3) is 0 Å². The number of carbonyl (C=O) groups is 1. The number of hydrogen-bond acceptors (Lipinski definition) is 5. The van der Waals surface area contributed by atoms with Crippen molar-refractivity contribution in [1.29, 1.82) is 0 Å². The third-order valence-corrected chi connectivity index (χ3v) is 8.37. The van der Waals surface area contributed by atoms with Gasteiger partial charge in [-0.15, -0.1) is 0 Å². The number of hydrogen-bond donors (Lipinski definition) is 2. The lowest BCUT2D eigenvalue weighted by atomic mass is 9.94. The van der Waals surface area contributed by atoms with Crippen LogP contribution in [0.4, 0.5) is 0 Å². The maximum atomic E-state index is 12.3. The number of unbranched alkanes of at least 4 members (excludes halogenated alkanes) is 23. The van der Waals surface area contributed by atoms with E-state index in [0.29, 0.717) is 12.8 Å². The van der Waals surface area contributed by atoms with Gasteiger partial charge in [0.2, 0.25) is 0 Å². The first-order valence-corrected chi connectivity index (χ1v) is 18.6. The molecule has 0 radical (unpaired) electrons. The molecule has 0 aliphatic heterocycles. The molecule has 0 spiro atoms. The van der Waals surface area contributed by atoms with Crippen LogP contribution in [0.3, 0.4) is 0 Å². The quantitative estimate of drug-likeness (QED) is 0.0462. The lowest BCUT2D eigenvalue weighted by Crippen LogP contribution is -2.21. The van der Waals surface area contributed by atoms with Crippen LogP contribution in [0.1, 0.15) is 194 Å². The van der Waals surface area contributed by atoms with E-state index in [1.807, 2.05) is 0 Å². The van der Waals surface area contributed by atoms with E-state index in [0.717, 1.165) is 51.4 Å². The van der Waals surface area contributed by atoms with E-state index in [1.54, 1.807) is 0 Å². The molecule has 0 bridgehead atoms. The first-order chi connectivity index (χ1) is 19.4. The maximum absolute atomic E-state index is 12.3. The zero-order chi connectivity index (χ0) is 29.6. The zero-order valence-electron chi connectivity index (χ0n) is 27.2. The van der Waals surface area contributed by atoms with Crippen LogP contribution in [0.15, 0.2) is 12.2 Å². The first-order valence-electron chi connectivity index (χ1n) is 17.3. The molecule has 0 heterocycles. The van der Waals surface area contributed by atoms with Gasteiger partial charge in [0.1, 0.15) is 0 Å². The molecule has 1 unspecified atom stereocenters. The van der Waals surface area contributed by atoms with E-state index < -0.39 is 22.3 Å². The summed E-state index contributed by atoms with van der Waals surface area (Å²) < 4.78 is 35.4. The molecule has 0 amide bonds. The fraction of sp³-hybridized carbons (Fsp3) is 0.912. The minimum atomic E-state index is -4.74. The molecule has 1 atom stereocenters. The summed E-state index contributed by atoms with van der Waals surface area (Å²) in [5.41, 5.74) is 0. The van der Waals surface area contributed by atoms with E-state index in [4.69, 9.17) is 4.55 Å². The lowest BCUT2D eigenvalue weighted by Gasteiger charge is -2.14. The summed E-state index contributed by atoms with van der Waals surface area (Å²) >= 11 is 0. The van der Waals surface area contributed by atoms with Crippen molar-refractivity contribution in [2.45, 2.75) is 194 Å². The zero-order valence-corrected chi connectivity index (χ0v) is 28.0. The molecule has 4 N–H and O–H groups in total. The highest BCUT2D eigenvalue weighted by Gasteiger charge is 2.24. The SMILES string of the molecule is CCCCCCCC/C=C\CCCCCCC(CCCCCCCCCCCCCCCC)C(=O)OS(=O)(=O)O.N. The fourth-order valence-corrected chi connectivity index (χ4v) is 5.77. The van der Waals surface area contributed by atoms with Gasteiger partial charge in [-0.3, -0.25) is 9.35 Å². The van der Waals surface area contributed by atoms with Gasteiger partial charge in [-0.25, -0.2) is 0 Å². The highest BCUT2D eigenvalue weighted by Crippen LogP contribution is 2.22. The average Bonchev–Trinajstić information content (AvgIpc) is 2.91. The fourth-order valence-electron chi connectivity index (χ4n) is 5.42. The Morgan fingerprint density at radius 1 is 0.561 bits per heavy atom. The van der Waals surface area contributed by atoms with Gasteiger partial charge in [0.05, 0.1) is 5.92 Å². The maximum Gasteiger partial charge on any atom is 0.448 e. The molecular weight excluding hydrogens is 534 g/mol. The van der Waals surface area contributed by atoms with Crippen molar-refractivity contribution in [3.63, 3.8) is 0 Å². The van der Waals surface area contributed by atoms with Crippen LogP contribution in [0.5, 0.6) is 0 Å². The summed E-state index contributed by atoms with van der Waals surface area (Å²) in [7, 11) is -4.74. The van der Waals surface area contributed by atoms with Gasteiger partial charge in [0.15, 0.2) is 0 Å². The summed E-state index contributed by atoms with van der Waals surface area (Å²) in [6, 6.07) is 0. The normalized spacial score (nSPS) is 12.5. The molecule has 0 aromatic heterocycles. The number of carbonyl (C=O) groups excluding carboxylic acids is 1. The Hall–Kier alpha value is -0.920. The molecule has 0 saturated heterocycles. The van der Waals surface area contributed by atoms with Crippen LogP contribution in [-0.2, 0) is 19.4 Å². The van der Waals surface area contributed by atoms with Gasteiger partial charge in [-0.2, -0.15) is 8.42 Å². The Bertz CT molecular complexity index is 681. The van der Waals surface area contributed by atoms with E-state index in [9.17, 15) is 13.2 Å². The molecule has 246 valence electrons. The van der Waals surface area contributed by atoms with Gasteiger partial charge < -0.3 is 10.3 Å². The molecule has 0 aliphatic rings. The highest BCUT2D eigenvalue weighted by atomic mass is 32.3. The van der Waals surface area contributed by atoms with Crippen molar-refractivity contribution in [2.75, 3.05) is 0 Å². The molecule has 0 fully saturated rings. The van der Waals surface area contributed by atoms with Crippen molar-refractivity contribution in [3.05, 3.63) is 12.2 Å². The molecule has 0 aromatic rings. The summed E-state index contributed by atoms with van der Waals surface area (Å²) in [4.78, 5) is 12.3. The number of rotatable bonds is 31. The van der Waals surface area contributed by atoms with Crippen molar-refractivity contribution in [1.82, 2.24) is 6.15 Å².